The predicted octanol–water partition coefficient (Wildman–Crippen LogP) is 1.25. The molecule has 4 N–H and O–H groups in total. The van der Waals surface area contributed by atoms with E-state index in [0.717, 1.165) is 17.0 Å². The number of anilines is 1. The molecule has 0 saturated carbocycles. The summed E-state index contributed by atoms with van der Waals surface area (Å²) in [5.74, 6) is -0.306. The standard InChI is InChI=1S/C14H18N4O2/c1-8-12(9(2)18(3)17-8)7-16-14(20)11-6-10(19)4-5-13(11)15/h4-6,19H,7,15H2,1-3H3,(H,16,20). The molecule has 0 aliphatic heterocycles. The molecule has 0 spiro atoms. The second kappa shape index (κ2) is 5.24. The van der Waals surface area contributed by atoms with Crippen molar-refractivity contribution in [2.45, 2.75) is 20.4 Å². The van der Waals surface area contributed by atoms with Crippen LogP contribution < -0.4 is 11.1 Å². The molecule has 2 aromatic rings. The monoisotopic (exact) mass is 274 g/mol. The third-order valence-corrected chi connectivity index (χ3v) is 3.37. The van der Waals surface area contributed by atoms with Crippen LogP contribution in [0.15, 0.2) is 18.2 Å². The highest BCUT2D eigenvalue weighted by molar-refractivity contribution is 5.99. The Balaban J connectivity index is 2.15. The number of nitrogens with zero attached hydrogens (tertiary/aromatic N) is 2. The van der Waals surface area contributed by atoms with E-state index in [4.69, 9.17) is 5.73 Å². The van der Waals surface area contributed by atoms with E-state index in [9.17, 15) is 9.90 Å². The number of rotatable bonds is 3. The summed E-state index contributed by atoms with van der Waals surface area (Å²) < 4.78 is 1.78. The number of phenols is 1. The Morgan fingerprint density at radius 1 is 1.45 bits per heavy atom. The van der Waals surface area contributed by atoms with E-state index >= 15 is 0 Å². The number of aromatic hydroxyl groups is 1. The van der Waals surface area contributed by atoms with Crippen LogP contribution in [0.3, 0.4) is 0 Å². The summed E-state index contributed by atoms with van der Waals surface area (Å²) in [5, 5.41) is 16.5. The fraction of sp³-hybridized carbons (Fsp3) is 0.286. The van der Waals surface area contributed by atoms with Crippen molar-refractivity contribution in [3.05, 3.63) is 40.7 Å². The molecule has 6 nitrogen and oxygen atoms in total. The molecular formula is C14H18N4O2. The van der Waals surface area contributed by atoms with Crippen LogP contribution in [0.25, 0.3) is 0 Å². The van der Waals surface area contributed by atoms with E-state index in [1.807, 2.05) is 20.9 Å². The molecule has 1 amide bonds. The molecule has 1 aromatic carbocycles. The van der Waals surface area contributed by atoms with Crippen LogP contribution in [0.1, 0.15) is 27.3 Å². The average Bonchev–Trinajstić information content (AvgIpc) is 2.64. The highest BCUT2D eigenvalue weighted by Gasteiger charge is 2.13. The number of carbonyl (C=O) groups is 1. The first-order valence-electron chi connectivity index (χ1n) is 6.26. The number of hydrogen-bond donors (Lipinski definition) is 3. The van der Waals surface area contributed by atoms with Gasteiger partial charge in [0.15, 0.2) is 0 Å². The van der Waals surface area contributed by atoms with Crippen molar-refractivity contribution in [3.63, 3.8) is 0 Å². The lowest BCUT2D eigenvalue weighted by Crippen LogP contribution is -2.24. The Bertz CT molecular complexity index is 661. The van der Waals surface area contributed by atoms with Gasteiger partial charge in [-0.05, 0) is 32.0 Å². The molecule has 0 radical (unpaired) electrons. The number of aromatic nitrogens is 2. The van der Waals surface area contributed by atoms with Crippen molar-refractivity contribution in [3.8, 4) is 5.75 Å². The van der Waals surface area contributed by atoms with E-state index in [-0.39, 0.29) is 17.2 Å². The summed E-state index contributed by atoms with van der Waals surface area (Å²) in [6.45, 7) is 4.22. The fourth-order valence-corrected chi connectivity index (χ4v) is 2.08. The van der Waals surface area contributed by atoms with Gasteiger partial charge in [0.2, 0.25) is 0 Å². The molecule has 0 saturated heterocycles. The lowest BCUT2D eigenvalue weighted by molar-refractivity contribution is 0.0951. The van der Waals surface area contributed by atoms with Gasteiger partial charge < -0.3 is 16.2 Å². The molecule has 1 heterocycles. The van der Waals surface area contributed by atoms with Crippen LogP contribution in [0.2, 0.25) is 0 Å². The summed E-state index contributed by atoms with van der Waals surface area (Å²) in [4.78, 5) is 12.1. The number of aryl methyl sites for hydroxylation is 2. The zero-order valence-corrected chi connectivity index (χ0v) is 11.8. The maximum Gasteiger partial charge on any atom is 0.253 e. The number of nitrogen functional groups attached to an aromatic ring is 1. The number of phenolic OH excluding ortho intramolecular Hbond substituents is 1. The lowest BCUT2D eigenvalue weighted by atomic mass is 10.1. The van der Waals surface area contributed by atoms with E-state index in [1.165, 1.54) is 18.2 Å². The van der Waals surface area contributed by atoms with Crippen molar-refractivity contribution in [1.29, 1.82) is 0 Å². The van der Waals surface area contributed by atoms with Gasteiger partial charge in [0.1, 0.15) is 5.75 Å². The highest BCUT2D eigenvalue weighted by Crippen LogP contribution is 2.19. The third-order valence-electron chi connectivity index (χ3n) is 3.37. The van der Waals surface area contributed by atoms with Gasteiger partial charge in [-0.2, -0.15) is 5.10 Å². The van der Waals surface area contributed by atoms with E-state index in [0.29, 0.717) is 12.2 Å². The lowest BCUT2D eigenvalue weighted by Gasteiger charge is -2.08. The van der Waals surface area contributed by atoms with Crippen LogP contribution >= 0.6 is 0 Å². The van der Waals surface area contributed by atoms with Gasteiger partial charge in [0.05, 0.1) is 11.3 Å². The smallest absolute Gasteiger partial charge is 0.253 e. The summed E-state index contributed by atoms with van der Waals surface area (Å²) >= 11 is 0. The first kappa shape index (κ1) is 13.9. The number of nitrogens with one attached hydrogen (secondary N) is 1. The van der Waals surface area contributed by atoms with E-state index in [2.05, 4.69) is 10.4 Å². The quantitative estimate of drug-likeness (QED) is 0.580. The number of amides is 1. The third kappa shape index (κ3) is 2.59. The molecule has 0 fully saturated rings. The minimum atomic E-state index is -0.318. The summed E-state index contributed by atoms with van der Waals surface area (Å²) in [6, 6.07) is 4.31. The summed E-state index contributed by atoms with van der Waals surface area (Å²) in [5.41, 5.74) is 9.21. The van der Waals surface area contributed by atoms with Gasteiger partial charge >= 0.3 is 0 Å². The largest absolute Gasteiger partial charge is 0.508 e. The van der Waals surface area contributed by atoms with Gasteiger partial charge in [0.25, 0.3) is 5.91 Å². The number of hydrogen-bond acceptors (Lipinski definition) is 4. The second-order valence-electron chi connectivity index (χ2n) is 4.73. The Kier molecular flexibility index (Phi) is 3.65. The topological polar surface area (TPSA) is 93.2 Å². The normalized spacial score (nSPS) is 10.6. The number of benzene rings is 1. The molecular weight excluding hydrogens is 256 g/mol. The Hall–Kier alpha value is -2.50. The van der Waals surface area contributed by atoms with E-state index in [1.54, 1.807) is 4.68 Å². The van der Waals surface area contributed by atoms with Crippen LogP contribution in [0, 0.1) is 13.8 Å². The summed E-state index contributed by atoms with van der Waals surface area (Å²) in [6.07, 6.45) is 0. The van der Waals surface area contributed by atoms with E-state index < -0.39 is 0 Å². The zero-order chi connectivity index (χ0) is 14.9. The average molecular weight is 274 g/mol. The minimum Gasteiger partial charge on any atom is -0.508 e. The number of carbonyl (C=O) groups excluding carboxylic acids is 1. The van der Waals surface area contributed by atoms with Crippen LogP contribution in [0.4, 0.5) is 5.69 Å². The molecule has 6 heteroatoms. The Labute approximate surface area is 117 Å². The first-order valence-corrected chi connectivity index (χ1v) is 6.26. The van der Waals surface area contributed by atoms with Gasteiger partial charge in [-0.25, -0.2) is 0 Å². The molecule has 0 aliphatic rings. The molecule has 0 aliphatic carbocycles. The molecule has 20 heavy (non-hydrogen) atoms. The van der Waals surface area contributed by atoms with Gasteiger partial charge in [-0.15, -0.1) is 0 Å². The van der Waals surface area contributed by atoms with Crippen molar-refractivity contribution < 1.29 is 9.90 Å². The maximum absolute atomic E-state index is 12.1. The van der Waals surface area contributed by atoms with Crippen LogP contribution in [0.5, 0.6) is 5.75 Å². The number of nitrogens with two attached hydrogens (primary N) is 1. The van der Waals surface area contributed by atoms with Crippen molar-refractivity contribution >= 4 is 11.6 Å². The molecule has 1 aromatic heterocycles. The van der Waals surface area contributed by atoms with Gasteiger partial charge in [-0.1, -0.05) is 0 Å². The Morgan fingerprint density at radius 2 is 2.15 bits per heavy atom. The molecule has 0 bridgehead atoms. The highest BCUT2D eigenvalue weighted by atomic mass is 16.3. The predicted molar refractivity (Wildman–Crippen MR) is 76.4 cm³/mol. The van der Waals surface area contributed by atoms with Gasteiger partial charge in [-0.3, -0.25) is 9.48 Å². The minimum absolute atomic E-state index is 0.0121. The molecule has 0 unspecified atom stereocenters. The zero-order valence-electron chi connectivity index (χ0n) is 11.8. The van der Waals surface area contributed by atoms with Crippen molar-refractivity contribution in [2.75, 3.05) is 5.73 Å². The molecule has 2 rings (SSSR count). The van der Waals surface area contributed by atoms with Crippen molar-refractivity contribution in [2.24, 2.45) is 7.05 Å². The summed E-state index contributed by atoms with van der Waals surface area (Å²) in [7, 11) is 1.86. The second-order valence-corrected chi connectivity index (χ2v) is 4.73. The Morgan fingerprint density at radius 3 is 2.75 bits per heavy atom. The van der Waals surface area contributed by atoms with Crippen molar-refractivity contribution in [1.82, 2.24) is 15.1 Å². The molecule has 106 valence electrons. The van der Waals surface area contributed by atoms with Gasteiger partial charge in [0, 0.05) is 30.5 Å². The van der Waals surface area contributed by atoms with Crippen LogP contribution in [-0.4, -0.2) is 20.8 Å². The maximum atomic E-state index is 12.1. The fourth-order valence-electron chi connectivity index (χ4n) is 2.08. The SMILES string of the molecule is Cc1nn(C)c(C)c1CNC(=O)c1cc(O)ccc1N. The van der Waals surface area contributed by atoms with Crippen LogP contribution in [-0.2, 0) is 13.6 Å². The molecule has 0 atom stereocenters. The first-order chi connectivity index (χ1) is 9.40.